The van der Waals surface area contributed by atoms with Gasteiger partial charge in [-0.25, -0.2) is 0 Å². The van der Waals surface area contributed by atoms with E-state index in [-0.39, 0.29) is 0 Å². The first-order valence-electron chi connectivity index (χ1n) is 3.62. The second-order valence-corrected chi connectivity index (χ2v) is 3.24. The summed E-state index contributed by atoms with van der Waals surface area (Å²) < 4.78 is 0. The van der Waals surface area contributed by atoms with Crippen LogP contribution in [-0.2, 0) is 4.79 Å². The van der Waals surface area contributed by atoms with Crippen molar-refractivity contribution in [2.45, 2.75) is 32.7 Å². The molecule has 0 heterocycles. The summed E-state index contributed by atoms with van der Waals surface area (Å²) in [5.74, 6) is 0. The minimum Gasteiger partial charge on any atom is -0.328 e. The van der Waals surface area contributed by atoms with Crippen LogP contribution in [0.2, 0.25) is 0 Å². The average molecular weight is 176 g/mol. The van der Waals surface area contributed by atoms with Crippen LogP contribution in [0.15, 0.2) is 11.6 Å². The molecular weight excluding hydrogens is 162 g/mol. The Hall–Kier alpha value is -0.340. The highest BCUT2D eigenvalue weighted by molar-refractivity contribution is 6.66. The van der Waals surface area contributed by atoms with Gasteiger partial charge in [0.1, 0.15) is 0 Å². The van der Waals surface area contributed by atoms with Gasteiger partial charge in [0, 0.05) is 6.04 Å². The lowest BCUT2D eigenvalue weighted by atomic mass is 10.3. The van der Waals surface area contributed by atoms with Gasteiger partial charge in [-0.3, -0.25) is 4.79 Å². The van der Waals surface area contributed by atoms with E-state index in [1.165, 1.54) is 18.9 Å². The number of halogens is 1. The number of carbonyl (C=O) groups excluding carboxylic acids is 1. The van der Waals surface area contributed by atoms with Crippen molar-refractivity contribution in [3.8, 4) is 0 Å². The van der Waals surface area contributed by atoms with E-state index >= 15 is 0 Å². The van der Waals surface area contributed by atoms with E-state index in [0.29, 0.717) is 6.04 Å². The van der Waals surface area contributed by atoms with E-state index in [1.807, 2.05) is 13.8 Å². The van der Waals surface area contributed by atoms with E-state index in [2.05, 4.69) is 0 Å². The van der Waals surface area contributed by atoms with Gasteiger partial charge in [0.25, 0.3) is 0 Å². The lowest BCUT2D eigenvalue weighted by molar-refractivity contribution is -0.107. The molecule has 1 saturated carbocycles. The Labute approximate surface area is 72.4 Å². The first-order chi connectivity index (χ1) is 5.02. The summed E-state index contributed by atoms with van der Waals surface area (Å²) in [6.07, 6.45) is 3.90. The minimum absolute atomic E-state index is 0.403. The fourth-order valence-corrected chi connectivity index (χ4v) is 0.541. The minimum atomic E-state index is -0.403. The SMILES string of the molecule is CC(C)=CC(=O)Cl.NC1CC1. The fraction of sp³-hybridized carbons (Fsp3) is 0.625. The summed E-state index contributed by atoms with van der Waals surface area (Å²) in [7, 11) is 0. The fourth-order valence-electron chi connectivity index (χ4n) is 0.323. The molecule has 2 N–H and O–H groups in total. The quantitative estimate of drug-likeness (QED) is 0.488. The first-order valence-corrected chi connectivity index (χ1v) is 4.00. The molecule has 3 heteroatoms. The maximum Gasteiger partial charge on any atom is 0.245 e. The van der Waals surface area contributed by atoms with Crippen molar-refractivity contribution < 1.29 is 4.79 Å². The van der Waals surface area contributed by atoms with Gasteiger partial charge < -0.3 is 5.73 Å². The van der Waals surface area contributed by atoms with Crippen LogP contribution in [0.25, 0.3) is 0 Å². The number of allylic oxidation sites excluding steroid dienone is 2. The Morgan fingerprint density at radius 3 is 1.91 bits per heavy atom. The summed E-state index contributed by atoms with van der Waals surface area (Å²) in [5, 5.41) is -0.403. The third-order valence-corrected chi connectivity index (χ3v) is 1.13. The Bertz CT molecular complexity index is 157. The van der Waals surface area contributed by atoms with Crippen molar-refractivity contribution in [1.29, 1.82) is 0 Å². The standard InChI is InChI=1S/C5H7ClO.C3H7N/c1-4(2)3-5(6)7;4-3-1-2-3/h3H,1-2H3;3H,1-2,4H2. The third kappa shape index (κ3) is 12.8. The Morgan fingerprint density at radius 1 is 1.55 bits per heavy atom. The van der Waals surface area contributed by atoms with Crippen LogP contribution in [0.3, 0.4) is 0 Å². The van der Waals surface area contributed by atoms with Gasteiger partial charge in [-0.2, -0.15) is 0 Å². The molecule has 64 valence electrons. The van der Waals surface area contributed by atoms with Gasteiger partial charge in [0.05, 0.1) is 0 Å². The zero-order chi connectivity index (χ0) is 8.85. The van der Waals surface area contributed by atoms with Crippen LogP contribution in [0.5, 0.6) is 0 Å². The number of nitrogens with two attached hydrogens (primary N) is 1. The summed E-state index contributed by atoms with van der Waals surface area (Å²) in [6.45, 7) is 3.64. The lowest BCUT2D eigenvalue weighted by Gasteiger charge is -1.78. The molecule has 2 nitrogen and oxygen atoms in total. The molecule has 0 spiro atoms. The zero-order valence-electron chi connectivity index (χ0n) is 6.93. The summed E-state index contributed by atoms with van der Waals surface area (Å²) >= 11 is 4.96. The normalized spacial score (nSPS) is 14.5. The predicted molar refractivity (Wildman–Crippen MR) is 47.5 cm³/mol. The maximum atomic E-state index is 9.94. The van der Waals surface area contributed by atoms with Crippen molar-refractivity contribution in [3.05, 3.63) is 11.6 Å². The Morgan fingerprint density at radius 2 is 1.91 bits per heavy atom. The molecule has 0 radical (unpaired) electrons. The van der Waals surface area contributed by atoms with E-state index in [0.717, 1.165) is 5.57 Å². The molecule has 0 atom stereocenters. The lowest BCUT2D eigenvalue weighted by Crippen LogP contribution is -1.94. The molecule has 1 fully saturated rings. The molecule has 1 aliphatic carbocycles. The van der Waals surface area contributed by atoms with E-state index in [9.17, 15) is 4.79 Å². The Kier molecular flexibility index (Phi) is 5.16. The molecule has 0 aromatic carbocycles. The van der Waals surface area contributed by atoms with Gasteiger partial charge in [-0.1, -0.05) is 5.57 Å². The molecule has 0 aromatic heterocycles. The Balaban J connectivity index is 0.000000207. The van der Waals surface area contributed by atoms with Gasteiger partial charge in [0.2, 0.25) is 5.24 Å². The topological polar surface area (TPSA) is 43.1 Å². The first kappa shape index (κ1) is 10.7. The van der Waals surface area contributed by atoms with Crippen LogP contribution in [0.4, 0.5) is 0 Å². The second kappa shape index (κ2) is 5.33. The molecule has 0 aromatic rings. The highest BCUT2D eigenvalue weighted by Gasteiger charge is 2.13. The molecule has 0 bridgehead atoms. The highest BCUT2D eigenvalue weighted by Crippen LogP contribution is 2.13. The van der Waals surface area contributed by atoms with Gasteiger partial charge in [-0.15, -0.1) is 0 Å². The number of rotatable bonds is 1. The van der Waals surface area contributed by atoms with E-state index in [4.69, 9.17) is 17.3 Å². The van der Waals surface area contributed by atoms with Crippen LogP contribution in [0, 0.1) is 0 Å². The highest BCUT2D eigenvalue weighted by atomic mass is 35.5. The van der Waals surface area contributed by atoms with Gasteiger partial charge in [-0.05, 0) is 44.4 Å². The number of hydrogen-bond acceptors (Lipinski definition) is 2. The van der Waals surface area contributed by atoms with Crippen molar-refractivity contribution in [1.82, 2.24) is 0 Å². The number of hydrogen-bond donors (Lipinski definition) is 1. The maximum absolute atomic E-state index is 9.94. The monoisotopic (exact) mass is 175 g/mol. The van der Waals surface area contributed by atoms with Crippen molar-refractivity contribution in [2.75, 3.05) is 0 Å². The van der Waals surface area contributed by atoms with Crippen molar-refractivity contribution in [3.63, 3.8) is 0 Å². The van der Waals surface area contributed by atoms with Gasteiger partial charge in [0.15, 0.2) is 0 Å². The molecule has 0 amide bonds. The zero-order valence-corrected chi connectivity index (χ0v) is 7.69. The third-order valence-electron chi connectivity index (χ3n) is 1.02. The molecule has 1 aliphatic rings. The summed E-state index contributed by atoms with van der Waals surface area (Å²) in [5.41, 5.74) is 6.15. The molecular formula is C8H14ClNO. The molecule has 1 rings (SSSR count). The van der Waals surface area contributed by atoms with Crippen LogP contribution >= 0.6 is 11.6 Å². The second-order valence-electron chi connectivity index (χ2n) is 2.86. The molecule has 0 saturated heterocycles. The molecule has 0 unspecified atom stereocenters. The molecule has 11 heavy (non-hydrogen) atoms. The van der Waals surface area contributed by atoms with Crippen LogP contribution < -0.4 is 5.73 Å². The summed E-state index contributed by atoms with van der Waals surface area (Å²) in [4.78, 5) is 9.94. The number of carbonyl (C=O) groups is 1. The van der Waals surface area contributed by atoms with E-state index < -0.39 is 5.24 Å². The molecule has 0 aliphatic heterocycles. The largest absolute Gasteiger partial charge is 0.328 e. The van der Waals surface area contributed by atoms with Crippen LogP contribution in [-0.4, -0.2) is 11.3 Å². The summed E-state index contributed by atoms with van der Waals surface area (Å²) in [6, 6.07) is 0.583. The van der Waals surface area contributed by atoms with Crippen molar-refractivity contribution >= 4 is 16.8 Å². The smallest absolute Gasteiger partial charge is 0.245 e. The van der Waals surface area contributed by atoms with E-state index in [1.54, 1.807) is 0 Å². The predicted octanol–water partition coefficient (Wildman–Crippen LogP) is 1.83. The van der Waals surface area contributed by atoms with Gasteiger partial charge >= 0.3 is 0 Å². The van der Waals surface area contributed by atoms with Crippen LogP contribution in [0.1, 0.15) is 26.7 Å². The van der Waals surface area contributed by atoms with Crippen molar-refractivity contribution in [2.24, 2.45) is 5.73 Å². The average Bonchev–Trinajstić information content (AvgIpc) is 2.47.